The molecule has 0 bridgehead atoms. The quantitative estimate of drug-likeness (QED) is 0.365. The van der Waals surface area contributed by atoms with Crippen molar-refractivity contribution in [3.05, 3.63) is 52.5 Å². The Kier molecular flexibility index (Phi) is 9.97. The average Bonchev–Trinajstić information content (AvgIpc) is 3.10. The zero-order valence-electron chi connectivity index (χ0n) is 14.9. The first-order valence-electron chi connectivity index (χ1n) is 8.84. The lowest BCUT2D eigenvalue weighted by molar-refractivity contribution is 0.276. The van der Waals surface area contributed by atoms with Gasteiger partial charge in [0.2, 0.25) is 4.45 Å². The minimum Gasteiger partial charge on any atom is -0.336 e. The van der Waals surface area contributed by atoms with E-state index in [2.05, 4.69) is 11.9 Å². The highest BCUT2D eigenvalue weighted by Gasteiger charge is 2.20. The predicted molar refractivity (Wildman–Crippen MR) is 116 cm³/mol. The summed E-state index contributed by atoms with van der Waals surface area (Å²) in [6, 6.07) is 5.45. The summed E-state index contributed by atoms with van der Waals surface area (Å²) >= 11 is 15.1. The lowest BCUT2D eigenvalue weighted by Crippen LogP contribution is -2.07. The Hall–Kier alpha value is -0.620. The number of aromatic nitrogens is 2. The van der Waals surface area contributed by atoms with E-state index in [1.54, 1.807) is 18.6 Å². The maximum atomic E-state index is 12.5. The number of unbranched alkanes of at least 4 members (excludes halogenated alkanes) is 4. The molecule has 0 saturated heterocycles. The molecule has 0 saturated carbocycles. The maximum absolute atomic E-state index is 12.5. The molecule has 7 heteroatoms. The van der Waals surface area contributed by atoms with Gasteiger partial charge in [0, 0.05) is 34.7 Å². The molecule has 1 aromatic heterocycles. The van der Waals surface area contributed by atoms with E-state index < -0.39 is 0 Å². The van der Waals surface area contributed by atoms with Crippen molar-refractivity contribution < 1.29 is 4.79 Å². The van der Waals surface area contributed by atoms with E-state index in [9.17, 15) is 4.79 Å². The second kappa shape index (κ2) is 12.0. The first-order valence-corrected chi connectivity index (χ1v) is 11.5. The average molecular weight is 431 g/mol. The topological polar surface area (TPSA) is 34.9 Å². The fourth-order valence-corrected chi connectivity index (χ4v) is 5.36. The number of thioether (sulfide) groups is 2. The number of rotatable bonds is 10. The minimum absolute atomic E-state index is 0.0749. The SMILES string of the molecule is CCCCCCCSC(=O)SC(Cn1ccnc1)c1ccc(Cl)cc1Cl. The second-order valence-corrected chi connectivity index (χ2v) is 9.39. The molecule has 2 rings (SSSR count). The van der Waals surface area contributed by atoms with E-state index in [1.807, 2.05) is 22.9 Å². The van der Waals surface area contributed by atoms with E-state index in [1.165, 1.54) is 49.2 Å². The number of benzene rings is 1. The summed E-state index contributed by atoms with van der Waals surface area (Å²) in [7, 11) is 0. The Morgan fingerprint density at radius 2 is 2.04 bits per heavy atom. The summed E-state index contributed by atoms with van der Waals surface area (Å²) in [6.45, 7) is 2.84. The first-order chi connectivity index (χ1) is 12.6. The van der Waals surface area contributed by atoms with Crippen molar-refractivity contribution in [1.82, 2.24) is 9.55 Å². The van der Waals surface area contributed by atoms with E-state index in [0.29, 0.717) is 16.6 Å². The Morgan fingerprint density at radius 1 is 1.23 bits per heavy atom. The van der Waals surface area contributed by atoms with Crippen molar-refractivity contribution in [3.63, 3.8) is 0 Å². The van der Waals surface area contributed by atoms with Crippen molar-refractivity contribution in [2.75, 3.05) is 5.75 Å². The number of carbonyl (C=O) groups is 1. The van der Waals surface area contributed by atoms with Gasteiger partial charge >= 0.3 is 0 Å². The summed E-state index contributed by atoms with van der Waals surface area (Å²) in [6.07, 6.45) is 11.4. The van der Waals surface area contributed by atoms with Gasteiger partial charge in [-0.15, -0.1) is 0 Å². The van der Waals surface area contributed by atoms with Gasteiger partial charge in [0.15, 0.2) is 0 Å². The summed E-state index contributed by atoms with van der Waals surface area (Å²) in [4.78, 5) is 16.5. The molecule has 0 N–H and O–H groups in total. The largest absolute Gasteiger partial charge is 0.336 e. The monoisotopic (exact) mass is 430 g/mol. The third-order valence-corrected chi connectivity index (χ3v) is 6.76. The summed E-state index contributed by atoms with van der Waals surface area (Å²) in [5.74, 6) is 0.877. The lowest BCUT2D eigenvalue weighted by atomic mass is 10.1. The highest BCUT2D eigenvalue weighted by atomic mass is 35.5. The van der Waals surface area contributed by atoms with Crippen LogP contribution in [0.4, 0.5) is 4.79 Å². The minimum atomic E-state index is -0.0749. The predicted octanol–water partition coefficient (Wildman–Crippen LogP) is 7.49. The van der Waals surface area contributed by atoms with Crippen LogP contribution >= 0.6 is 46.7 Å². The van der Waals surface area contributed by atoms with Crippen LogP contribution in [0.3, 0.4) is 0 Å². The van der Waals surface area contributed by atoms with Gasteiger partial charge in [-0.1, -0.05) is 85.4 Å². The van der Waals surface area contributed by atoms with Gasteiger partial charge < -0.3 is 4.57 Å². The molecule has 3 nitrogen and oxygen atoms in total. The fraction of sp³-hybridized carbons (Fsp3) is 0.474. The van der Waals surface area contributed by atoms with E-state index >= 15 is 0 Å². The van der Waals surface area contributed by atoms with Gasteiger partial charge in [0.25, 0.3) is 0 Å². The van der Waals surface area contributed by atoms with Crippen LogP contribution in [-0.4, -0.2) is 19.8 Å². The maximum Gasteiger partial charge on any atom is 0.246 e. The second-order valence-electron chi connectivity index (χ2n) is 6.04. The van der Waals surface area contributed by atoms with Crippen LogP contribution in [0.25, 0.3) is 0 Å². The van der Waals surface area contributed by atoms with Crippen molar-refractivity contribution in [3.8, 4) is 0 Å². The molecule has 0 aliphatic heterocycles. The molecular weight excluding hydrogens is 407 g/mol. The molecule has 1 atom stereocenters. The molecule has 2 aromatic rings. The summed E-state index contributed by atoms with van der Waals surface area (Å²) < 4.78 is 2.10. The summed E-state index contributed by atoms with van der Waals surface area (Å²) in [5.41, 5.74) is 0.923. The molecule has 0 aliphatic carbocycles. The van der Waals surface area contributed by atoms with Crippen LogP contribution in [-0.2, 0) is 6.54 Å². The van der Waals surface area contributed by atoms with Gasteiger partial charge in [-0.05, 0) is 24.1 Å². The number of hydrogen-bond donors (Lipinski definition) is 0. The molecular formula is C19H24Cl2N2OS2. The van der Waals surface area contributed by atoms with Crippen LogP contribution < -0.4 is 0 Å². The summed E-state index contributed by atoms with van der Waals surface area (Å²) in [5, 5.41) is 1.11. The number of hydrogen-bond acceptors (Lipinski definition) is 4. The third kappa shape index (κ3) is 7.55. The molecule has 1 heterocycles. The highest BCUT2D eigenvalue weighted by Crippen LogP contribution is 2.39. The standard InChI is InChI=1S/C19H24Cl2N2OS2/c1-2-3-4-5-6-11-25-19(24)26-18(13-23-10-9-22-14-23)16-8-7-15(20)12-17(16)21/h7-10,12,14,18H,2-6,11,13H2,1H3. The molecule has 0 radical (unpaired) electrons. The van der Waals surface area contributed by atoms with Crippen LogP contribution in [0.2, 0.25) is 10.0 Å². The zero-order valence-corrected chi connectivity index (χ0v) is 18.0. The van der Waals surface area contributed by atoms with Crippen molar-refractivity contribution >= 4 is 51.2 Å². The smallest absolute Gasteiger partial charge is 0.246 e. The molecule has 142 valence electrons. The first kappa shape index (κ1) is 21.7. The zero-order chi connectivity index (χ0) is 18.8. The molecule has 26 heavy (non-hydrogen) atoms. The number of nitrogens with zero attached hydrogens (tertiary/aromatic N) is 2. The highest BCUT2D eigenvalue weighted by molar-refractivity contribution is 8.38. The molecule has 1 aromatic carbocycles. The molecule has 0 amide bonds. The number of carbonyl (C=O) groups excluding carboxylic acids is 1. The fourth-order valence-electron chi connectivity index (χ4n) is 2.56. The van der Waals surface area contributed by atoms with Gasteiger partial charge in [0.05, 0.1) is 11.6 Å². The third-order valence-electron chi connectivity index (χ3n) is 3.95. The van der Waals surface area contributed by atoms with Crippen LogP contribution in [0, 0.1) is 0 Å². The Labute approximate surface area is 174 Å². The Bertz CT molecular complexity index is 680. The lowest BCUT2D eigenvalue weighted by Gasteiger charge is -2.18. The van der Waals surface area contributed by atoms with Crippen molar-refractivity contribution in [2.45, 2.75) is 50.8 Å². The van der Waals surface area contributed by atoms with Crippen LogP contribution in [0.15, 0.2) is 36.9 Å². The molecule has 0 fully saturated rings. The molecule has 0 spiro atoms. The van der Waals surface area contributed by atoms with Gasteiger partial charge in [0.1, 0.15) is 0 Å². The van der Waals surface area contributed by atoms with E-state index in [-0.39, 0.29) is 9.70 Å². The number of halogens is 2. The van der Waals surface area contributed by atoms with Crippen LogP contribution in [0.5, 0.6) is 0 Å². The van der Waals surface area contributed by atoms with Crippen molar-refractivity contribution in [1.29, 1.82) is 0 Å². The van der Waals surface area contributed by atoms with Gasteiger partial charge in [-0.25, -0.2) is 4.98 Å². The number of imidazole rings is 1. The molecule has 0 aliphatic rings. The van der Waals surface area contributed by atoms with Gasteiger partial charge in [-0.2, -0.15) is 0 Å². The molecule has 1 unspecified atom stereocenters. The van der Waals surface area contributed by atoms with Gasteiger partial charge in [-0.3, -0.25) is 4.79 Å². The normalized spacial score (nSPS) is 12.3. The van der Waals surface area contributed by atoms with E-state index in [0.717, 1.165) is 17.7 Å². The van der Waals surface area contributed by atoms with Crippen molar-refractivity contribution in [2.24, 2.45) is 0 Å². The van der Waals surface area contributed by atoms with E-state index in [4.69, 9.17) is 23.2 Å². The van der Waals surface area contributed by atoms with Crippen LogP contribution in [0.1, 0.15) is 49.8 Å². The Balaban J connectivity index is 1.94. The Morgan fingerprint density at radius 3 is 2.73 bits per heavy atom.